The molecule has 1 aliphatic heterocycles. The van der Waals surface area contributed by atoms with Crippen molar-refractivity contribution < 1.29 is 9.90 Å². The van der Waals surface area contributed by atoms with E-state index >= 15 is 0 Å². The van der Waals surface area contributed by atoms with Crippen LogP contribution in [0, 0.1) is 5.92 Å². The predicted octanol–water partition coefficient (Wildman–Crippen LogP) is 4.57. The highest BCUT2D eigenvalue weighted by molar-refractivity contribution is 9.11. The third-order valence-corrected chi connectivity index (χ3v) is 6.97. The molecule has 26 heavy (non-hydrogen) atoms. The number of aromatic hydroxyl groups is 1. The summed E-state index contributed by atoms with van der Waals surface area (Å²) >= 11 is 6.73. The van der Waals surface area contributed by atoms with Gasteiger partial charge in [-0.25, -0.2) is 0 Å². The van der Waals surface area contributed by atoms with Crippen LogP contribution < -0.4 is 0 Å². The zero-order valence-corrected chi connectivity index (χ0v) is 18.6. The summed E-state index contributed by atoms with van der Waals surface area (Å²) in [7, 11) is 0. The summed E-state index contributed by atoms with van der Waals surface area (Å²) in [5, 5.41) is 9.84. The average Bonchev–Trinajstić information content (AvgIpc) is 2.66. The van der Waals surface area contributed by atoms with E-state index in [4.69, 9.17) is 0 Å². The Labute approximate surface area is 173 Å². The normalized spacial score (nSPS) is 21.0. The molecule has 0 spiro atoms. The first-order valence-electron chi connectivity index (χ1n) is 9.65. The van der Waals surface area contributed by atoms with Crippen molar-refractivity contribution in [3.63, 3.8) is 0 Å². The quantitative estimate of drug-likeness (QED) is 0.676. The fraction of sp³-hybridized carbons (Fsp3) is 0.650. The third kappa shape index (κ3) is 4.82. The molecule has 2 aliphatic rings. The largest absolute Gasteiger partial charge is 0.506 e. The van der Waals surface area contributed by atoms with Gasteiger partial charge in [-0.05, 0) is 68.8 Å². The van der Waals surface area contributed by atoms with E-state index in [9.17, 15) is 9.90 Å². The van der Waals surface area contributed by atoms with E-state index in [1.165, 1.54) is 32.1 Å². The Morgan fingerprint density at radius 1 is 1.12 bits per heavy atom. The molecule has 6 heteroatoms. The maximum Gasteiger partial charge on any atom is 0.225 e. The van der Waals surface area contributed by atoms with Crippen molar-refractivity contribution in [3.8, 4) is 5.75 Å². The molecule has 1 saturated heterocycles. The van der Waals surface area contributed by atoms with Gasteiger partial charge in [0.2, 0.25) is 5.91 Å². The number of hydrogen-bond acceptors (Lipinski definition) is 3. The Morgan fingerprint density at radius 2 is 1.69 bits per heavy atom. The molecule has 144 valence electrons. The number of piperazine rings is 1. The van der Waals surface area contributed by atoms with Crippen molar-refractivity contribution in [2.24, 2.45) is 5.92 Å². The van der Waals surface area contributed by atoms with E-state index < -0.39 is 0 Å². The lowest BCUT2D eigenvalue weighted by atomic mass is 9.93. The molecular formula is C20H28Br2N2O2. The lowest BCUT2D eigenvalue weighted by molar-refractivity contribution is -0.137. The van der Waals surface area contributed by atoms with Gasteiger partial charge in [-0.15, -0.1) is 0 Å². The van der Waals surface area contributed by atoms with Crippen LogP contribution in [0.3, 0.4) is 0 Å². The van der Waals surface area contributed by atoms with Crippen LogP contribution >= 0.6 is 31.9 Å². The molecule has 4 nitrogen and oxygen atoms in total. The van der Waals surface area contributed by atoms with E-state index in [2.05, 4.69) is 36.8 Å². The second kappa shape index (κ2) is 9.07. The number of hydrogen-bond donors (Lipinski definition) is 1. The van der Waals surface area contributed by atoms with E-state index in [-0.39, 0.29) is 17.6 Å². The van der Waals surface area contributed by atoms with Crippen molar-refractivity contribution in [2.75, 3.05) is 26.2 Å². The second-order valence-electron chi connectivity index (χ2n) is 7.67. The highest BCUT2D eigenvalue weighted by atomic mass is 79.9. The molecule has 0 aromatic heterocycles. The monoisotopic (exact) mass is 486 g/mol. The van der Waals surface area contributed by atoms with E-state index in [1.807, 2.05) is 24.0 Å². The van der Waals surface area contributed by atoms with Crippen molar-refractivity contribution in [1.82, 2.24) is 9.80 Å². The number of nitrogens with zero attached hydrogens (tertiary/aromatic N) is 2. The van der Waals surface area contributed by atoms with Gasteiger partial charge in [0, 0.05) is 38.1 Å². The van der Waals surface area contributed by atoms with Gasteiger partial charge in [-0.1, -0.05) is 26.2 Å². The molecule has 1 atom stereocenters. The lowest BCUT2D eigenvalue weighted by Gasteiger charge is -2.41. The number of benzene rings is 1. The minimum atomic E-state index is -0.0560. The number of carbonyl (C=O) groups excluding carboxylic acids is 1. The maximum atomic E-state index is 12.9. The summed E-state index contributed by atoms with van der Waals surface area (Å²) in [6, 6.07) is 4.53. The summed E-state index contributed by atoms with van der Waals surface area (Å²) < 4.78 is 1.31. The maximum absolute atomic E-state index is 12.9. The predicted molar refractivity (Wildman–Crippen MR) is 111 cm³/mol. The highest BCUT2D eigenvalue weighted by Gasteiger charge is 2.29. The summed E-state index contributed by atoms with van der Waals surface area (Å²) in [6.45, 7) is 5.73. The van der Waals surface area contributed by atoms with Crippen molar-refractivity contribution >= 4 is 37.8 Å². The van der Waals surface area contributed by atoms with Crippen LogP contribution in [0.4, 0.5) is 0 Å². The fourth-order valence-corrected chi connectivity index (χ4v) is 5.52. The molecule has 0 unspecified atom stereocenters. The fourth-order valence-electron chi connectivity index (χ4n) is 4.24. The Balaban J connectivity index is 1.53. The van der Waals surface area contributed by atoms with Crippen LogP contribution in [0.2, 0.25) is 0 Å². The molecule has 1 amide bonds. The first-order chi connectivity index (χ1) is 12.5. The minimum Gasteiger partial charge on any atom is -0.506 e. The molecule has 1 aromatic rings. The first kappa shape index (κ1) is 20.2. The van der Waals surface area contributed by atoms with Gasteiger partial charge < -0.3 is 10.0 Å². The molecule has 1 aromatic carbocycles. The number of amides is 1. The van der Waals surface area contributed by atoms with Gasteiger partial charge in [0.15, 0.2) is 0 Å². The Kier molecular flexibility index (Phi) is 7.03. The first-order valence-corrected chi connectivity index (χ1v) is 11.2. The second-order valence-corrected chi connectivity index (χ2v) is 9.38. The van der Waals surface area contributed by atoms with E-state index in [0.29, 0.717) is 15.4 Å². The van der Waals surface area contributed by atoms with Gasteiger partial charge in [0.1, 0.15) is 5.75 Å². The molecule has 0 bridgehead atoms. The van der Waals surface area contributed by atoms with Crippen LogP contribution in [0.5, 0.6) is 5.75 Å². The number of phenolic OH excluding ortho intramolecular Hbond substituents is 1. The van der Waals surface area contributed by atoms with Crippen molar-refractivity contribution in [1.29, 1.82) is 0 Å². The van der Waals surface area contributed by atoms with Crippen molar-refractivity contribution in [3.05, 3.63) is 26.6 Å². The van der Waals surface area contributed by atoms with E-state index in [1.54, 1.807) is 0 Å². The van der Waals surface area contributed by atoms with Crippen molar-refractivity contribution in [2.45, 2.75) is 51.5 Å². The number of carbonyl (C=O) groups is 1. The summed E-state index contributed by atoms with van der Waals surface area (Å²) in [4.78, 5) is 17.5. The van der Waals surface area contributed by atoms with Gasteiger partial charge in [-0.2, -0.15) is 0 Å². The Morgan fingerprint density at radius 3 is 2.27 bits per heavy atom. The van der Waals surface area contributed by atoms with Crippen LogP contribution in [0.25, 0.3) is 0 Å². The summed E-state index contributed by atoms with van der Waals surface area (Å²) in [5.41, 5.74) is 1.04. The lowest BCUT2D eigenvalue weighted by Crippen LogP contribution is -2.53. The molecule has 3 rings (SSSR count). The zero-order chi connectivity index (χ0) is 18.7. The molecule has 1 heterocycles. The number of rotatable bonds is 4. The number of phenols is 1. The average molecular weight is 488 g/mol. The standard InChI is InChI=1S/C20H28Br2N2O2/c1-14(11-15-12-17(21)19(25)18(22)13-15)20(26)24-9-7-23(8-10-24)16-5-3-2-4-6-16/h12-14,16,25H,2-11H2,1H3/t14-/m1/s1. The minimum absolute atomic E-state index is 0.0560. The molecule has 1 aliphatic carbocycles. The molecule has 0 radical (unpaired) electrons. The SMILES string of the molecule is C[C@H](Cc1cc(Br)c(O)c(Br)c1)C(=O)N1CCN(C2CCCCC2)CC1. The van der Waals surface area contributed by atoms with Gasteiger partial charge in [0.25, 0.3) is 0 Å². The Bertz CT molecular complexity index is 616. The molecule has 2 fully saturated rings. The zero-order valence-electron chi connectivity index (χ0n) is 15.4. The van der Waals surface area contributed by atoms with Crippen LogP contribution in [0.1, 0.15) is 44.6 Å². The number of halogens is 2. The molecule has 1 N–H and O–H groups in total. The third-order valence-electron chi connectivity index (χ3n) is 5.76. The molecule has 1 saturated carbocycles. The highest BCUT2D eigenvalue weighted by Crippen LogP contribution is 2.34. The van der Waals surface area contributed by atoms with E-state index in [0.717, 1.165) is 37.8 Å². The summed E-state index contributed by atoms with van der Waals surface area (Å²) in [6.07, 6.45) is 7.44. The summed E-state index contributed by atoms with van der Waals surface area (Å²) in [5.74, 6) is 0.389. The van der Waals surface area contributed by atoms with Crippen LogP contribution in [0.15, 0.2) is 21.1 Å². The van der Waals surface area contributed by atoms with Gasteiger partial charge in [-0.3, -0.25) is 9.69 Å². The molecular weight excluding hydrogens is 460 g/mol. The topological polar surface area (TPSA) is 43.8 Å². The van der Waals surface area contributed by atoms with Crippen LogP contribution in [-0.2, 0) is 11.2 Å². The van der Waals surface area contributed by atoms with Crippen LogP contribution in [-0.4, -0.2) is 53.0 Å². The van der Waals surface area contributed by atoms with Gasteiger partial charge >= 0.3 is 0 Å². The Hall–Kier alpha value is -0.590. The van der Waals surface area contributed by atoms with Gasteiger partial charge in [0.05, 0.1) is 8.95 Å². The smallest absolute Gasteiger partial charge is 0.225 e.